The van der Waals surface area contributed by atoms with E-state index in [1.807, 2.05) is 6.92 Å². The van der Waals surface area contributed by atoms with Crippen LogP contribution < -0.4 is 5.56 Å². The smallest absolute Gasteiger partial charge is 0.416 e. The molecule has 1 aliphatic carbocycles. The number of fused-ring (bicyclic) bond motifs is 3. The van der Waals surface area contributed by atoms with Crippen LogP contribution in [0.3, 0.4) is 0 Å². The van der Waals surface area contributed by atoms with Crippen LogP contribution in [0, 0.1) is 5.92 Å². The number of ether oxygens (including phenoxy) is 1. The van der Waals surface area contributed by atoms with E-state index in [9.17, 15) is 14.4 Å². The number of amides is 2. The zero-order valence-electron chi connectivity index (χ0n) is 15.3. The van der Waals surface area contributed by atoms with Gasteiger partial charge in [0.1, 0.15) is 11.4 Å². The Morgan fingerprint density at radius 3 is 2.93 bits per heavy atom. The predicted molar refractivity (Wildman–Crippen MR) is 105 cm³/mol. The van der Waals surface area contributed by atoms with Crippen molar-refractivity contribution in [3.05, 3.63) is 20.8 Å². The number of hydrogen-bond acceptors (Lipinski definition) is 7. The lowest BCUT2D eigenvalue weighted by Crippen LogP contribution is -2.33. The molecule has 2 aromatic rings. The van der Waals surface area contributed by atoms with Crippen LogP contribution >= 0.6 is 23.1 Å². The maximum atomic E-state index is 13.1. The van der Waals surface area contributed by atoms with Crippen LogP contribution in [-0.2, 0) is 28.9 Å². The third-order valence-electron chi connectivity index (χ3n) is 5.08. The molecule has 144 valence electrons. The maximum absolute atomic E-state index is 13.1. The predicted octanol–water partition coefficient (Wildman–Crippen LogP) is 2.67. The molecule has 7 nitrogen and oxygen atoms in total. The van der Waals surface area contributed by atoms with E-state index in [4.69, 9.17) is 9.72 Å². The minimum Gasteiger partial charge on any atom is -0.447 e. The van der Waals surface area contributed by atoms with Crippen LogP contribution in [0.1, 0.15) is 30.7 Å². The summed E-state index contributed by atoms with van der Waals surface area (Å²) in [6, 6.07) is 0. The number of thiophene rings is 1. The normalized spacial score (nSPS) is 19.4. The first-order valence-corrected chi connectivity index (χ1v) is 10.9. The number of carbonyl (C=O) groups excluding carboxylic acids is 2. The molecule has 9 heteroatoms. The number of aromatic nitrogens is 2. The van der Waals surface area contributed by atoms with Crippen molar-refractivity contribution in [3.8, 4) is 0 Å². The van der Waals surface area contributed by atoms with Crippen molar-refractivity contribution in [2.45, 2.75) is 44.8 Å². The van der Waals surface area contributed by atoms with Gasteiger partial charge in [-0.1, -0.05) is 18.7 Å². The summed E-state index contributed by atoms with van der Waals surface area (Å²) in [6.07, 6.45) is 2.43. The van der Waals surface area contributed by atoms with E-state index in [0.29, 0.717) is 17.6 Å². The van der Waals surface area contributed by atoms with Crippen molar-refractivity contribution in [1.82, 2.24) is 14.5 Å². The summed E-state index contributed by atoms with van der Waals surface area (Å²) in [5.74, 6) is 0.360. The molecule has 1 atom stereocenters. The van der Waals surface area contributed by atoms with E-state index in [1.165, 1.54) is 22.2 Å². The Kier molecular flexibility index (Phi) is 4.98. The number of nitrogens with zero attached hydrogens (tertiary/aromatic N) is 3. The highest BCUT2D eigenvalue weighted by molar-refractivity contribution is 7.99. The molecule has 1 saturated heterocycles. The minimum atomic E-state index is -0.600. The van der Waals surface area contributed by atoms with Gasteiger partial charge in [-0.25, -0.2) is 14.7 Å². The van der Waals surface area contributed by atoms with Crippen LogP contribution in [0.25, 0.3) is 10.2 Å². The molecule has 1 aliphatic heterocycles. The largest absolute Gasteiger partial charge is 0.447 e. The molecule has 0 saturated carbocycles. The van der Waals surface area contributed by atoms with E-state index < -0.39 is 6.09 Å². The molecule has 0 N–H and O–H groups in total. The second kappa shape index (κ2) is 7.27. The van der Waals surface area contributed by atoms with Crippen molar-refractivity contribution in [1.29, 1.82) is 0 Å². The second-order valence-corrected chi connectivity index (χ2v) is 8.95. The highest BCUT2D eigenvalue weighted by Crippen LogP contribution is 2.36. The van der Waals surface area contributed by atoms with E-state index in [2.05, 4.69) is 6.92 Å². The number of aryl methyl sites for hydroxylation is 1. The van der Waals surface area contributed by atoms with Crippen molar-refractivity contribution >= 4 is 45.3 Å². The third-order valence-corrected chi connectivity index (χ3v) is 7.19. The number of cyclic esters (lactones) is 1. The summed E-state index contributed by atoms with van der Waals surface area (Å²) in [7, 11) is 0. The Labute approximate surface area is 164 Å². The van der Waals surface area contributed by atoms with Crippen molar-refractivity contribution in [2.75, 3.05) is 18.9 Å². The van der Waals surface area contributed by atoms with Gasteiger partial charge in [-0.2, -0.15) is 0 Å². The van der Waals surface area contributed by atoms with Gasteiger partial charge in [0, 0.05) is 11.4 Å². The van der Waals surface area contributed by atoms with Crippen molar-refractivity contribution in [3.63, 3.8) is 0 Å². The van der Waals surface area contributed by atoms with Crippen molar-refractivity contribution < 1.29 is 14.3 Å². The van der Waals surface area contributed by atoms with E-state index in [0.717, 1.165) is 34.4 Å². The first kappa shape index (κ1) is 18.5. The number of imide groups is 1. The van der Waals surface area contributed by atoms with Gasteiger partial charge in [0.05, 0.1) is 17.7 Å². The summed E-state index contributed by atoms with van der Waals surface area (Å²) in [6.45, 7) is 5.14. The van der Waals surface area contributed by atoms with Gasteiger partial charge in [0.2, 0.25) is 5.91 Å². The van der Waals surface area contributed by atoms with Gasteiger partial charge >= 0.3 is 6.09 Å². The number of hydrogen-bond donors (Lipinski definition) is 0. The van der Waals surface area contributed by atoms with Gasteiger partial charge in [-0.3, -0.25) is 14.2 Å². The Bertz CT molecular complexity index is 981. The molecule has 0 spiro atoms. The Balaban J connectivity index is 1.65. The zero-order chi connectivity index (χ0) is 19.1. The van der Waals surface area contributed by atoms with Crippen LogP contribution in [0.15, 0.2) is 9.95 Å². The van der Waals surface area contributed by atoms with Crippen LogP contribution in [-0.4, -0.2) is 45.4 Å². The molecule has 0 aromatic carbocycles. The fourth-order valence-electron chi connectivity index (χ4n) is 3.62. The summed E-state index contributed by atoms with van der Waals surface area (Å²) in [5, 5.41) is 1.28. The molecule has 2 amide bonds. The average Bonchev–Trinajstić information content (AvgIpc) is 3.22. The molecule has 1 fully saturated rings. The molecule has 4 rings (SSSR count). The Hall–Kier alpha value is -1.87. The lowest BCUT2D eigenvalue weighted by atomic mass is 9.89. The first-order valence-electron chi connectivity index (χ1n) is 9.14. The molecule has 27 heavy (non-hydrogen) atoms. The third kappa shape index (κ3) is 3.27. The Morgan fingerprint density at radius 1 is 1.41 bits per heavy atom. The molecule has 0 bridgehead atoms. The zero-order valence-corrected chi connectivity index (χ0v) is 17.0. The van der Waals surface area contributed by atoms with Gasteiger partial charge in [-0.15, -0.1) is 11.3 Å². The van der Waals surface area contributed by atoms with Gasteiger partial charge in [-0.05, 0) is 37.7 Å². The number of rotatable bonds is 4. The quantitative estimate of drug-likeness (QED) is 0.573. The lowest BCUT2D eigenvalue weighted by molar-refractivity contribution is -0.125. The SMILES string of the molecule is CCn1c(SCC(=O)N2CCOC2=O)nc2sc3c(c2c1=O)CC[C@H](C)C3. The van der Waals surface area contributed by atoms with E-state index in [1.54, 1.807) is 15.9 Å². The summed E-state index contributed by atoms with van der Waals surface area (Å²) < 4.78 is 6.44. The summed E-state index contributed by atoms with van der Waals surface area (Å²) >= 11 is 2.81. The molecule has 2 aliphatic rings. The van der Waals surface area contributed by atoms with Gasteiger partial charge < -0.3 is 4.74 Å². The lowest BCUT2D eigenvalue weighted by Gasteiger charge is -2.17. The fourth-order valence-corrected chi connectivity index (χ4v) is 5.98. The first-order chi connectivity index (χ1) is 13.0. The maximum Gasteiger partial charge on any atom is 0.416 e. The van der Waals surface area contributed by atoms with Gasteiger partial charge in [0.25, 0.3) is 5.56 Å². The number of carbonyl (C=O) groups is 2. The van der Waals surface area contributed by atoms with Crippen molar-refractivity contribution in [2.24, 2.45) is 5.92 Å². The van der Waals surface area contributed by atoms with Crippen LogP contribution in [0.5, 0.6) is 0 Å². The van der Waals surface area contributed by atoms with E-state index in [-0.39, 0.29) is 30.4 Å². The Morgan fingerprint density at radius 2 is 2.22 bits per heavy atom. The molecular formula is C18H21N3O4S2. The topological polar surface area (TPSA) is 81.5 Å². The highest BCUT2D eigenvalue weighted by Gasteiger charge is 2.29. The molecular weight excluding hydrogens is 386 g/mol. The summed E-state index contributed by atoms with van der Waals surface area (Å²) in [5.41, 5.74) is 1.14. The van der Waals surface area contributed by atoms with Crippen LogP contribution in [0.2, 0.25) is 0 Å². The second-order valence-electron chi connectivity index (χ2n) is 6.92. The van der Waals surface area contributed by atoms with E-state index >= 15 is 0 Å². The monoisotopic (exact) mass is 407 g/mol. The molecule has 0 radical (unpaired) electrons. The minimum absolute atomic E-state index is 0.0231. The van der Waals surface area contributed by atoms with Crippen LogP contribution in [0.4, 0.5) is 4.79 Å². The number of thioether (sulfide) groups is 1. The standard InChI is InChI=1S/C18H21N3O4S2/c1-3-20-16(23)14-11-5-4-10(2)8-12(11)27-15(14)19-17(20)26-9-13(22)21-6-7-25-18(21)24/h10H,3-9H2,1-2H3/t10-/m0/s1. The summed E-state index contributed by atoms with van der Waals surface area (Å²) in [4.78, 5) is 44.7. The fraction of sp³-hybridized carbons (Fsp3) is 0.556. The van der Waals surface area contributed by atoms with Gasteiger partial charge in [0.15, 0.2) is 5.16 Å². The molecule has 0 unspecified atom stereocenters. The molecule has 2 aromatic heterocycles. The highest BCUT2D eigenvalue weighted by atomic mass is 32.2. The average molecular weight is 408 g/mol. The molecule has 3 heterocycles.